The van der Waals surface area contributed by atoms with Crippen molar-refractivity contribution < 1.29 is 14.3 Å². The summed E-state index contributed by atoms with van der Waals surface area (Å²) in [6.45, 7) is 5.80. The van der Waals surface area contributed by atoms with Gasteiger partial charge in [-0.2, -0.15) is 0 Å². The molecule has 0 aliphatic rings. The van der Waals surface area contributed by atoms with Gasteiger partial charge in [-0.3, -0.25) is 4.79 Å². The van der Waals surface area contributed by atoms with Crippen molar-refractivity contribution in [2.24, 2.45) is 5.41 Å². The topological polar surface area (TPSA) is 49.3 Å². The molecule has 106 valence electrons. The van der Waals surface area contributed by atoms with E-state index in [1.54, 1.807) is 0 Å². The first-order valence-corrected chi connectivity index (χ1v) is 6.50. The van der Waals surface area contributed by atoms with E-state index in [9.17, 15) is 9.18 Å². The number of halogens is 2. The average Bonchev–Trinajstić information content (AvgIpc) is 2.30. The third-order valence-electron chi connectivity index (χ3n) is 2.94. The van der Waals surface area contributed by atoms with Crippen LogP contribution in [0.4, 0.5) is 4.39 Å². The van der Waals surface area contributed by atoms with Crippen LogP contribution in [0.25, 0.3) is 0 Å². The van der Waals surface area contributed by atoms with Crippen LogP contribution in [0.2, 0.25) is 5.02 Å². The van der Waals surface area contributed by atoms with Crippen LogP contribution in [0.5, 0.6) is 0 Å². The van der Waals surface area contributed by atoms with Crippen LogP contribution in [-0.4, -0.2) is 23.7 Å². The molecule has 0 radical (unpaired) electrons. The number of carbonyl (C=O) groups excluding carboxylic acids is 1. The second-order valence-electron chi connectivity index (χ2n) is 5.53. The summed E-state index contributed by atoms with van der Waals surface area (Å²) >= 11 is 5.76. The molecule has 0 saturated heterocycles. The summed E-state index contributed by atoms with van der Waals surface area (Å²) < 4.78 is 13.6. The molecule has 1 rings (SSSR count). The van der Waals surface area contributed by atoms with Crippen molar-refractivity contribution in [3.63, 3.8) is 0 Å². The zero-order valence-corrected chi connectivity index (χ0v) is 12.1. The van der Waals surface area contributed by atoms with E-state index >= 15 is 0 Å². The Morgan fingerprint density at radius 1 is 1.47 bits per heavy atom. The summed E-state index contributed by atoms with van der Waals surface area (Å²) in [4.78, 5) is 12.1. The standard InChI is InChI=1S/C14H19ClFNO2/c1-14(2,3)12(6-7-18)17-13(19)10-8-9(15)4-5-11(10)16/h4-5,8,12,18H,6-7H2,1-3H3,(H,17,19). The maximum atomic E-state index is 13.6. The fourth-order valence-corrected chi connectivity index (χ4v) is 1.93. The number of rotatable bonds is 4. The van der Waals surface area contributed by atoms with Gasteiger partial charge in [-0.15, -0.1) is 0 Å². The summed E-state index contributed by atoms with van der Waals surface area (Å²) in [6.07, 6.45) is 0.414. The quantitative estimate of drug-likeness (QED) is 0.894. The molecule has 1 atom stereocenters. The predicted octanol–water partition coefficient (Wildman–Crippen LogP) is 3.01. The highest BCUT2D eigenvalue weighted by Gasteiger charge is 2.26. The van der Waals surface area contributed by atoms with Crippen molar-refractivity contribution in [1.29, 1.82) is 0 Å². The zero-order chi connectivity index (χ0) is 14.6. The molecular weight excluding hydrogens is 269 g/mol. The van der Waals surface area contributed by atoms with Gasteiger partial charge >= 0.3 is 0 Å². The Balaban J connectivity index is 2.91. The van der Waals surface area contributed by atoms with Gasteiger partial charge in [-0.25, -0.2) is 4.39 Å². The molecule has 0 aromatic heterocycles. The van der Waals surface area contributed by atoms with E-state index in [1.165, 1.54) is 12.1 Å². The van der Waals surface area contributed by atoms with E-state index in [4.69, 9.17) is 16.7 Å². The third-order valence-corrected chi connectivity index (χ3v) is 3.18. The minimum absolute atomic E-state index is 0.0414. The molecule has 0 aliphatic carbocycles. The molecule has 0 saturated carbocycles. The van der Waals surface area contributed by atoms with Crippen molar-refractivity contribution in [3.8, 4) is 0 Å². The monoisotopic (exact) mass is 287 g/mol. The number of nitrogens with one attached hydrogen (secondary N) is 1. The first kappa shape index (κ1) is 15.9. The maximum Gasteiger partial charge on any atom is 0.254 e. The second-order valence-corrected chi connectivity index (χ2v) is 5.96. The van der Waals surface area contributed by atoms with Crippen LogP contribution in [0.3, 0.4) is 0 Å². The van der Waals surface area contributed by atoms with Gasteiger partial charge in [0.1, 0.15) is 5.82 Å². The molecule has 0 heterocycles. The number of hydrogen-bond acceptors (Lipinski definition) is 2. The van der Waals surface area contributed by atoms with Gasteiger partial charge < -0.3 is 10.4 Å². The highest BCUT2D eigenvalue weighted by molar-refractivity contribution is 6.31. The molecule has 5 heteroatoms. The van der Waals surface area contributed by atoms with Crippen LogP contribution < -0.4 is 5.32 Å². The maximum absolute atomic E-state index is 13.6. The highest BCUT2D eigenvalue weighted by Crippen LogP contribution is 2.23. The van der Waals surface area contributed by atoms with Crippen LogP contribution >= 0.6 is 11.6 Å². The molecule has 1 aromatic rings. The largest absolute Gasteiger partial charge is 0.396 e. The predicted molar refractivity (Wildman–Crippen MR) is 73.8 cm³/mol. The lowest BCUT2D eigenvalue weighted by Gasteiger charge is -2.31. The van der Waals surface area contributed by atoms with Gasteiger partial charge in [0, 0.05) is 17.7 Å². The number of hydrogen-bond donors (Lipinski definition) is 2. The van der Waals surface area contributed by atoms with E-state index < -0.39 is 11.7 Å². The molecular formula is C14H19ClFNO2. The van der Waals surface area contributed by atoms with Gasteiger partial charge in [0.05, 0.1) is 5.56 Å². The minimum Gasteiger partial charge on any atom is -0.396 e. The van der Waals surface area contributed by atoms with Crippen molar-refractivity contribution in [2.75, 3.05) is 6.61 Å². The normalized spacial score (nSPS) is 13.2. The Kier molecular flexibility index (Phi) is 5.32. The molecule has 1 aromatic carbocycles. The number of aliphatic hydroxyl groups excluding tert-OH is 1. The van der Waals surface area contributed by atoms with Crippen LogP contribution in [0.1, 0.15) is 37.6 Å². The van der Waals surface area contributed by atoms with Crippen LogP contribution in [0, 0.1) is 11.2 Å². The lowest BCUT2D eigenvalue weighted by atomic mass is 9.84. The number of aliphatic hydroxyl groups is 1. The Morgan fingerprint density at radius 3 is 2.63 bits per heavy atom. The van der Waals surface area contributed by atoms with Crippen molar-refractivity contribution in [2.45, 2.75) is 33.2 Å². The van der Waals surface area contributed by atoms with E-state index in [0.717, 1.165) is 6.07 Å². The number of amides is 1. The van der Waals surface area contributed by atoms with Gasteiger partial charge in [-0.05, 0) is 30.0 Å². The van der Waals surface area contributed by atoms with Crippen LogP contribution in [-0.2, 0) is 0 Å². The van der Waals surface area contributed by atoms with Gasteiger partial charge in [0.25, 0.3) is 5.91 Å². The molecule has 0 bridgehead atoms. The lowest BCUT2D eigenvalue weighted by Crippen LogP contribution is -2.44. The molecule has 1 unspecified atom stereocenters. The number of carbonyl (C=O) groups is 1. The molecule has 1 amide bonds. The SMILES string of the molecule is CC(C)(C)C(CCO)NC(=O)c1cc(Cl)ccc1F. The summed E-state index contributed by atoms with van der Waals surface area (Å²) in [5.74, 6) is -1.13. The fourth-order valence-electron chi connectivity index (χ4n) is 1.76. The summed E-state index contributed by atoms with van der Waals surface area (Å²) in [6, 6.07) is 3.60. The van der Waals surface area contributed by atoms with E-state index in [-0.39, 0.29) is 23.6 Å². The van der Waals surface area contributed by atoms with E-state index in [2.05, 4.69) is 5.32 Å². The summed E-state index contributed by atoms with van der Waals surface area (Å²) in [7, 11) is 0. The molecule has 2 N–H and O–H groups in total. The summed E-state index contributed by atoms with van der Waals surface area (Å²) in [5, 5.41) is 12.1. The Hall–Kier alpha value is -1.13. The number of benzene rings is 1. The second kappa shape index (κ2) is 6.35. The Morgan fingerprint density at radius 2 is 2.11 bits per heavy atom. The molecule has 0 fully saturated rings. The Labute approximate surface area is 117 Å². The van der Waals surface area contributed by atoms with E-state index in [1.807, 2.05) is 20.8 Å². The highest BCUT2D eigenvalue weighted by atomic mass is 35.5. The first-order chi connectivity index (χ1) is 8.75. The average molecular weight is 288 g/mol. The lowest BCUT2D eigenvalue weighted by molar-refractivity contribution is 0.0881. The minimum atomic E-state index is -0.612. The first-order valence-electron chi connectivity index (χ1n) is 6.12. The van der Waals surface area contributed by atoms with Gasteiger partial charge in [-0.1, -0.05) is 32.4 Å². The van der Waals surface area contributed by atoms with Gasteiger partial charge in [0.2, 0.25) is 0 Å². The molecule has 3 nitrogen and oxygen atoms in total. The zero-order valence-electron chi connectivity index (χ0n) is 11.3. The van der Waals surface area contributed by atoms with Crippen molar-refractivity contribution in [3.05, 3.63) is 34.6 Å². The van der Waals surface area contributed by atoms with E-state index in [0.29, 0.717) is 11.4 Å². The fraction of sp³-hybridized carbons (Fsp3) is 0.500. The van der Waals surface area contributed by atoms with Crippen LogP contribution in [0.15, 0.2) is 18.2 Å². The third kappa shape index (κ3) is 4.48. The van der Waals surface area contributed by atoms with Crippen molar-refractivity contribution in [1.82, 2.24) is 5.32 Å². The molecule has 0 spiro atoms. The molecule has 19 heavy (non-hydrogen) atoms. The van der Waals surface area contributed by atoms with Crippen molar-refractivity contribution >= 4 is 17.5 Å². The Bertz CT molecular complexity index is 457. The summed E-state index contributed by atoms with van der Waals surface area (Å²) in [5.41, 5.74) is -0.312. The molecule has 0 aliphatic heterocycles. The smallest absolute Gasteiger partial charge is 0.254 e. The van der Waals surface area contributed by atoms with Gasteiger partial charge in [0.15, 0.2) is 0 Å².